The molecule has 1 fully saturated rings. The van der Waals surface area contributed by atoms with E-state index in [0.717, 1.165) is 29.2 Å². The second kappa shape index (κ2) is 8.89. The topological polar surface area (TPSA) is 0 Å². The highest BCUT2D eigenvalue weighted by Crippen LogP contribution is 2.43. The fourth-order valence-corrected chi connectivity index (χ4v) is 4.35. The molecular weight excluding hydrogens is 376 g/mol. The average molecular weight is 407 g/mol. The van der Waals surface area contributed by atoms with Crippen molar-refractivity contribution in [3.63, 3.8) is 0 Å². The molecule has 0 aliphatic heterocycles. The van der Waals surface area contributed by atoms with E-state index in [1.165, 1.54) is 62.6 Å². The van der Waals surface area contributed by atoms with Gasteiger partial charge in [-0.2, -0.15) is 17.6 Å². The van der Waals surface area contributed by atoms with Crippen LogP contribution >= 0.6 is 0 Å². The molecule has 0 spiro atoms. The van der Waals surface area contributed by atoms with Crippen LogP contribution in [0, 0.1) is 5.92 Å². The van der Waals surface area contributed by atoms with Crippen molar-refractivity contribution in [2.45, 2.75) is 76.6 Å². The third-order valence-electron chi connectivity index (χ3n) is 6.33. The summed E-state index contributed by atoms with van der Waals surface area (Å²) in [5.74, 6) is -6.80. The lowest BCUT2D eigenvalue weighted by Gasteiger charge is -2.29. The minimum absolute atomic E-state index is 0.247. The van der Waals surface area contributed by atoms with Crippen LogP contribution in [0.25, 0.3) is 11.1 Å². The molecule has 0 unspecified atom stereocenters. The molecule has 1 aliphatic rings. The van der Waals surface area contributed by atoms with Crippen LogP contribution in [-0.2, 0) is 5.92 Å². The van der Waals surface area contributed by atoms with Gasteiger partial charge in [-0.15, -0.1) is 0 Å². The molecule has 0 aromatic heterocycles. The summed E-state index contributed by atoms with van der Waals surface area (Å²) in [5, 5.41) is 0. The van der Waals surface area contributed by atoms with Gasteiger partial charge < -0.3 is 0 Å². The van der Waals surface area contributed by atoms with E-state index < -0.39 is 17.4 Å². The van der Waals surface area contributed by atoms with Gasteiger partial charge in [-0.1, -0.05) is 74.7 Å². The number of unbranched alkanes of at least 4 members (excludes halogenated alkanes) is 1. The summed E-state index contributed by atoms with van der Waals surface area (Å²) in [5.41, 5.74) is 2.32. The lowest BCUT2D eigenvalue weighted by atomic mass is 9.77. The van der Waals surface area contributed by atoms with Gasteiger partial charge in [0.25, 0.3) is 0 Å². The van der Waals surface area contributed by atoms with E-state index in [4.69, 9.17) is 0 Å². The lowest BCUT2D eigenvalue weighted by molar-refractivity contribution is -0.204. The predicted octanol–water partition coefficient (Wildman–Crippen LogP) is 8.56. The highest BCUT2D eigenvalue weighted by Gasteiger charge is 2.53. The number of rotatable bonds is 7. The molecule has 0 nitrogen and oxygen atoms in total. The van der Waals surface area contributed by atoms with E-state index in [1.54, 1.807) is 0 Å². The smallest absolute Gasteiger partial charge is 0.200 e. The molecule has 1 aliphatic carbocycles. The van der Waals surface area contributed by atoms with Crippen LogP contribution in [0.3, 0.4) is 0 Å². The van der Waals surface area contributed by atoms with Crippen molar-refractivity contribution < 1.29 is 17.6 Å². The zero-order chi connectivity index (χ0) is 21.1. The summed E-state index contributed by atoms with van der Waals surface area (Å²) in [6, 6.07) is 13.4. The summed E-state index contributed by atoms with van der Waals surface area (Å²) in [6.07, 6.45) is 8.98. The Morgan fingerprint density at radius 2 is 1.31 bits per heavy atom. The second-order valence-corrected chi connectivity index (χ2v) is 8.52. The van der Waals surface area contributed by atoms with Crippen molar-refractivity contribution in [1.82, 2.24) is 0 Å². The first-order valence-electron chi connectivity index (χ1n) is 10.7. The second-order valence-electron chi connectivity index (χ2n) is 8.52. The predicted molar refractivity (Wildman–Crippen MR) is 111 cm³/mol. The van der Waals surface area contributed by atoms with E-state index in [1.807, 2.05) is 12.1 Å². The summed E-state index contributed by atoms with van der Waals surface area (Å²) >= 11 is 0. The molecule has 0 amide bonds. The van der Waals surface area contributed by atoms with Gasteiger partial charge in [0.15, 0.2) is 0 Å². The first kappa shape index (κ1) is 21.9. The molecule has 3 rings (SSSR count). The number of benzene rings is 2. The van der Waals surface area contributed by atoms with Gasteiger partial charge in [0.05, 0.1) is 0 Å². The van der Waals surface area contributed by atoms with E-state index in [0.29, 0.717) is 5.92 Å². The Kier molecular flexibility index (Phi) is 6.70. The minimum Gasteiger partial charge on any atom is -0.200 e. The SMILES string of the molecule is CCCC[C@H]1CC[C@H](c2ccc(-c3ccc(C(F)(F)C(C)(F)F)cc3)cc2)CC1. The van der Waals surface area contributed by atoms with E-state index in [-0.39, 0.29) is 6.92 Å². The number of halogens is 4. The summed E-state index contributed by atoms with van der Waals surface area (Å²) in [7, 11) is 0. The van der Waals surface area contributed by atoms with Crippen molar-refractivity contribution in [2.24, 2.45) is 5.92 Å². The largest absolute Gasteiger partial charge is 0.335 e. The van der Waals surface area contributed by atoms with Crippen LogP contribution in [-0.4, -0.2) is 5.92 Å². The Morgan fingerprint density at radius 3 is 1.79 bits per heavy atom. The van der Waals surface area contributed by atoms with Crippen LogP contribution in [0.2, 0.25) is 0 Å². The fraction of sp³-hybridized carbons (Fsp3) is 0.520. The van der Waals surface area contributed by atoms with Gasteiger partial charge in [-0.25, -0.2) is 0 Å². The van der Waals surface area contributed by atoms with E-state index in [9.17, 15) is 17.6 Å². The maximum absolute atomic E-state index is 13.8. The molecule has 4 heteroatoms. The van der Waals surface area contributed by atoms with Crippen LogP contribution in [0.4, 0.5) is 17.6 Å². The highest BCUT2D eigenvalue weighted by atomic mass is 19.3. The van der Waals surface area contributed by atoms with Crippen molar-refractivity contribution in [1.29, 1.82) is 0 Å². The average Bonchev–Trinajstić information content (AvgIpc) is 2.72. The van der Waals surface area contributed by atoms with Gasteiger partial charge in [0.1, 0.15) is 0 Å². The normalized spacial score (nSPS) is 20.6. The van der Waals surface area contributed by atoms with Gasteiger partial charge in [0, 0.05) is 12.5 Å². The molecule has 158 valence electrons. The summed E-state index contributed by atoms with van der Waals surface area (Å²) in [4.78, 5) is 0. The first-order valence-corrected chi connectivity index (χ1v) is 10.7. The van der Waals surface area contributed by atoms with Crippen LogP contribution in [0.15, 0.2) is 48.5 Å². The molecule has 1 saturated carbocycles. The van der Waals surface area contributed by atoms with Gasteiger partial charge >= 0.3 is 11.8 Å². The van der Waals surface area contributed by atoms with Crippen LogP contribution in [0.1, 0.15) is 75.8 Å². The molecule has 0 radical (unpaired) electrons. The maximum Gasteiger partial charge on any atom is 0.335 e. The Balaban J connectivity index is 1.65. The molecule has 0 N–H and O–H groups in total. The monoisotopic (exact) mass is 406 g/mol. The summed E-state index contributed by atoms with van der Waals surface area (Å²) in [6.45, 7) is 2.49. The number of hydrogen-bond acceptors (Lipinski definition) is 0. The quantitative estimate of drug-likeness (QED) is 0.404. The third-order valence-corrected chi connectivity index (χ3v) is 6.33. The standard InChI is InChI=1S/C25H30F4/c1-3-4-5-18-6-8-19(9-7-18)20-10-12-21(13-11-20)22-14-16-23(17-15-22)25(28,29)24(2,26)27/h10-19H,3-9H2,1-2H3/t18-,19-. The van der Waals surface area contributed by atoms with Crippen LogP contribution < -0.4 is 0 Å². The van der Waals surface area contributed by atoms with Gasteiger partial charge in [0.2, 0.25) is 0 Å². The number of alkyl halides is 4. The van der Waals surface area contributed by atoms with Crippen LogP contribution in [0.5, 0.6) is 0 Å². The molecular formula is C25H30F4. The van der Waals surface area contributed by atoms with E-state index >= 15 is 0 Å². The molecule has 29 heavy (non-hydrogen) atoms. The van der Waals surface area contributed by atoms with E-state index in [2.05, 4.69) is 19.1 Å². The third kappa shape index (κ3) is 5.02. The molecule has 2 aromatic rings. The van der Waals surface area contributed by atoms with Crippen molar-refractivity contribution in [3.05, 3.63) is 59.7 Å². The Hall–Kier alpha value is -1.84. The minimum atomic E-state index is -4.18. The zero-order valence-corrected chi connectivity index (χ0v) is 17.2. The van der Waals surface area contributed by atoms with Crippen molar-refractivity contribution >= 4 is 0 Å². The Labute approximate surface area is 171 Å². The van der Waals surface area contributed by atoms with Crippen molar-refractivity contribution in [2.75, 3.05) is 0 Å². The lowest BCUT2D eigenvalue weighted by Crippen LogP contribution is -2.34. The summed E-state index contributed by atoms with van der Waals surface area (Å²) < 4.78 is 53.9. The maximum atomic E-state index is 13.8. The fourth-order valence-electron chi connectivity index (χ4n) is 4.35. The molecule has 0 bridgehead atoms. The molecule has 2 aromatic carbocycles. The van der Waals surface area contributed by atoms with Crippen molar-refractivity contribution in [3.8, 4) is 11.1 Å². The number of hydrogen-bond donors (Lipinski definition) is 0. The molecule has 0 heterocycles. The van der Waals surface area contributed by atoms with Gasteiger partial charge in [-0.05, 0) is 54.2 Å². The zero-order valence-electron chi connectivity index (χ0n) is 17.2. The molecule has 0 atom stereocenters. The Morgan fingerprint density at radius 1 is 0.793 bits per heavy atom. The first-order chi connectivity index (χ1) is 13.7. The Bertz CT molecular complexity index is 764. The molecule has 0 saturated heterocycles. The highest BCUT2D eigenvalue weighted by molar-refractivity contribution is 5.64. The van der Waals surface area contributed by atoms with Gasteiger partial charge in [-0.3, -0.25) is 0 Å².